The summed E-state index contributed by atoms with van der Waals surface area (Å²) in [6, 6.07) is 22.3. The predicted octanol–water partition coefficient (Wildman–Crippen LogP) is 6.26. The summed E-state index contributed by atoms with van der Waals surface area (Å²) in [6.07, 6.45) is 0.537. The van der Waals surface area contributed by atoms with E-state index in [1.54, 1.807) is 23.1 Å². The van der Waals surface area contributed by atoms with Gasteiger partial charge in [-0.25, -0.2) is 0 Å². The van der Waals surface area contributed by atoms with Crippen LogP contribution < -0.4 is 5.32 Å². The monoisotopic (exact) mass is 510 g/mol. The van der Waals surface area contributed by atoms with E-state index in [0.29, 0.717) is 35.5 Å². The van der Waals surface area contributed by atoms with Gasteiger partial charge in [0.15, 0.2) is 0 Å². The molecule has 0 saturated heterocycles. The van der Waals surface area contributed by atoms with Crippen molar-refractivity contribution >= 4 is 35.0 Å². The van der Waals surface area contributed by atoms with Gasteiger partial charge in [0.1, 0.15) is 6.04 Å². The molecule has 0 bridgehead atoms. The Hall–Kier alpha value is -2.82. The normalized spacial score (nSPS) is 11.8. The van der Waals surface area contributed by atoms with Crippen LogP contribution in [0.15, 0.2) is 72.8 Å². The van der Waals surface area contributed by atoms with E-state index in [1.165, 1.54) is 0 Å². The Morgan fingerprint density at radius 2 is 1.57 bits per heavy atom. The van der Waals surface area contributed by atoms with Crippen LogP contribution in [0.4, 0.5) is 0 Å². The lowest BCUT2D eigenvalue weighted by Crippen LogP contribution is -2.51. The zero-order valence-corrected chi connectivity index (χ0v) is 21.9. The highest BCUT2D eigenvalue weighted by molar-refractivity contribution is 6.42. The molecule has 0 aliphatic carbocycles. The van der Waals surface area contributed by atoms with Crippen molar-refractivity contribution in [3.05, 3.63) is 105 Å². The summed E-state index contributed by atoms with van der Waals surface area (Å²) < 4.78 is 0. The van der Waals surface area contributed by atoms with Crippen molar-refractivity contribution in [2.24, 2.45) is 5.92 Å². The Bertz CT molecular complexity index is 1150. The molecule has 1 N–H and O–H groups in total. The molecule has 3 aromatic carbocycles. The van der Waals surface area contributed by atoms with Crippen molar-refractivity contribution in [2.45, 2.75) is 46.2 Å². The Labute approximate surface area is 218 Å². The van der Waals surface area contributed by atoms with Gasteiger partial charge in [0.25, 0.3) is 0 Å². The molecule has 0 saturated carbocycles. The third kappa shape index (κ3) is 8.12. The van der Waals surface area contributed by atoms with Crippen LogP contribution in [0.25, 0.3) is 0 Å². The standard InChI is InChI=1S/C29H32Cl2N2O2/c1-20(2)18-32-29(35)27(16-22-9-5-4-6-10-22)33(19-24-11-7-8-21(3)14-24)28(34)17-23-12-13-25(30)26(31)15-23/h4-15,20,27H,16-19H2,1-3H3,(H,32,35)/t27-/m1/s1. The fourth-order valence-corrected chi connectivity index (χ4v) is 4.23. The van der Waals surface area contributed by atoms with Crippen molar-refractivity contribution in [2.75, 3.05) is 6.54 Å². The zero-order valence-electron chi connectivity index (χ0n) is 20.4. The maximum Gasteiger partial charge on any atom is 0.243 e. The minimum Gasteiger partial charge on any atom is -0.354 e. The lowest BCUT2D eigenvalue weighted by Gasteiger charge is -2.32. The second-order valence-corrected chi connectivity index (χ2v) is 10.1. The number of amides is 2. The first kappa shape index (κ1) is 26.8. The average molecular weight is 511 g/mol. The van der Waals surface area contributed by atoms with Crippen LogP contribution in [0.3, 0.4) is 0 Å². The highest BCUT2D eigenvalue weighted by atomic mass is 35.5. The number of hydrogen-bond donors (Lipinski definition) is 1. The number of nitrogens with one attached hydrogen (secondary N) is 1. The molecule has 3 rings (SSSR count). The van der Waals surface area contributed by atoms with Gasteiger partial charge < -0.3 is 10.2 Å². The molecule has 0 aliphatic rings. The van der Waals surface area contributed by atoms with E-state index >= 15 is 0 Å². The lowest BCUT2D eigenvalue weighted by molar-refractivity contribution is -0.140. The number of benzene rings is 3. The van der Waals surface area contributed by atoms with Crippen LogP contribution in [0.5, 0.6) is 0 Å². The van der Waals surface area contributed by atoms with Crippen LogP contribution >= 0.6 is 23.2 Å². The maximum atomic E-state index is 13.7. The van der Waals surface area contributed by atoms with E-state index in [4.69, 9.17) is 23.2 Å². The third-order valence-corrected chi connectivity index (χ3v) is 6.47. The lowest BCUT2D eigenvalue weighted by atomic mass is 10.0. The van der Waals surface area contributed by atoms with Crippen LogP contribution in [-0.4, -0.2) is 29.3 Å². The number of carbonyl (C=O) groups excluding carboxylic acids is 2. The largest absolute Gasteiger partial charge is 0.354 e. The third-order valence-electron chi connectivity index (χ3n) is 5.73. The van der Waals surface area contributed by atoms with Gasteiger partial charge in [-0.3, -0.25) is 9.59 Å². The second kappa shape index (κ2) is 12.8. The summed E-state index contributed by atoms with van der Waals surface area (Å²) >= 11 is 12.3. The zero-order chi connectivity index (χ0) is 25.4. The number of aryl methyl sites for hydroxylation is 1. The van der Waals surface area contributed by atoms with E-state index in [0.717, 1.165) is 22.3 Å². The van der Waals surface area contributed by atoms with Crippen molar-refractivity contribution in [1.29, 1.82) is 0 Å². The fraction of sp³-hybridized carbons (Fsp3) is 0.310. The summed E-state index contributed by atoms with van der Waals surface area (Å²) in [5.74, 6) is -0.00308. The Kier molecular flexibility index (Phi) is 9.76. The van der Waals surface area contributed by atoms with Gasteiger partial charge in [0.2, 0.25) is 11.8 Å². The molecule has 6 heteroatoms. The molecule has 3 aromatic rings. The molecule has 0 aromatic heterocycles. The number of nitrogens with zero attached hydrogens (tertiary/aromatic N) is 1. The molecule has 0 fully saturated rings. The van der Waals surface area contributed by atoms with Gasteiger partial charge in [-0.1, -0.05) is 103 Å². The SMILES string of the molecule is Cc1cccc(CN(C(=O)Cc2ccc(Cl)c(Cl)c2)[C@H](Cc2ccccc2)C(=O)NCC(C)C)c1. The van der Waals surface area contributed by atoms with Gasteiger partial charge in [0.05, 0.1) is 16.5 Å². The van der Waals surface area contributed by atoms with Crippen molar-refractivity contribution in [3.8, 4) is 0 Å². The molecule has 0 aliphatic heterocycles. The molecule has 0 radical (unpaired) electrons. The summed E-state index contributed by atoms with van der Waals surface area (Å²) in [6.45, 7) is 6.98. The molecular weight excluding hydrogens is 479 g/mol. The van der Waals surface area contributed by atoms with Gasteiger partial charge in [-0.05, 0) is 41.7 Å². The van der Waals surface area contributed by atoms with Crippen LogP contribution in [0, 0.1) is 12.8 Å². The molecule has 184 valence electrons. The van der Waals surface area contributed by atoms with Gasteiger partial charge >= 0.3 is 0 Å². The van der Waals surface area contributed by atoms with Crippen LogP contribution in [0.1, 0.15) is 36.1 Å². The van der Waals surface area contributed by atoms with Crippen molar-refractivity contribution in [1.82, 2.24) is 10.2 Å². The molecule has 1 atom stereocenters. The quantitative estimate of drug-likeness (QED) is 0.350. The molecule has 4 nitrogen and oxygen atoms in total. The van der Waals surface area contributed by atoms with Crippen LogP contribution in [-0.2, 0) is 29.0 Å². The molecule has 0 unspecified atom stereocenters. The Morgan fingerprint density at radius 3 is 2.23 bits per heavy atom. The van der Waals surface area contributed by atoms with E-state index in [-0.39, 0.29) is 18.2 Å². The number of carbonyl (C=O) groups is 2. The summed E-state index contributed by atoms with van der Waals surface area (Å²) in [7, 11) is 0. The van der Waals surface area contributed by atoms with Gasteiger partial charge in [-0.2, -0.15) is 0 Å². The second-order valence-electron chi connectivity index (χ2n) is 9.28. The van der Waals surface area contributed by atoms with E-state index < -0.39 is 6.04 Å². The number of halogens is 2. The smallest absolute Gasteiger partial charge is 0.243 e. The molecule has 2 amide bonds. The van der Waals surface area contributed by atoms with E-state index in [1.807, 2.05) is 75.4 Å². The predicted molar refractivity (Wildman–Crippen MR) is 144 cm³/mol. The van der Waals surface area contributed by atoms with Gasteiger partial charge in [-0.15, -0.1) is 0 Å². The molecule has 0 spiro atoms. The average Bonchev–Trinajstić information content (AvgIpc) is 2.82. The summed E-state index contributed by atoms with van der Waals surface area (Å²) in [5, 5.41) is 3.88. The first-order chi connectivity index (χ1) is 16.7. The Morgan fingerprint density at radius 1 is 0.857 bits per heavy atom. The highest BCUT2D eigenvalue weighted by Gasteiger charge is 2.30. The minimum absolute atomic E-state index is 0.117. The van der Waals surface area contributed by atoms with Crippen molar-refractivity contribution in [3.63, 3.8) is 0 Å². The molecular formula is C29H32Cl2N2O2. The van der Waals surface area contributed by atoms with Crippen LogP contribution in [0.2, 0.25) is 10.0 Å². The molecule has 0 heterocycles. The van der Waals surface area contributed by atoms with E-state index in [9.17, 15) is 9.59 Å². The van der Waals surface area contributed by atoms with Crippen molar-refractivity contribution < 1.29 is 9.59 Å². The first-order valence-electron chi connectivity index (χ1n) is 11.8. The number of hydrogen-bond acceptors (Lipinski definition) is 2. The summed E-state index contributed by atoms with van der Waals surface area (Å²) in [5.41, 5.74) is 3.82. The summed E-state index contributed by atoms with van der Waals surface area (Å²) in [4.78, 5) is 28.9. The maximum absolute atomic E-state index is 13.7. The molecule has 35 heavy (non-hydrogen) atoms. The van der Waals surface area contributed by atoms with Gasteiger partial charge in [0, 0.05) is 19.5 Å². The van der Waals surface area contributed by atoms with E-state index in [2.05, 4.69) is 5.32 Å². The first-order valence-corrected chi connectivity index (χ1v) is 12.6. The Balaban J connectivity index is 1.96. The number of rotatable bonds is 10. The topological polar surface area (TPSA) is 49.4 Å². The fourth-order valence-electron chi connectivity index (χ4n) is 3.91. The minimum atomic E-state index is -0.660. The highest BCUT2D eigenvalue weighted by Crippen LogP contribution is 2.24.